The van der Waals surface area contributed by atoms with Crippen molar-refractivity contribution in [3.63, 3.8) is 0 Å². The van der Waals surface area contributed by atoms with Gasteiger partial charge in [-0.25, -0.2) is 4.57 Å². The molecule has 184 valence electrons. The number of H-pyrrole nitrogens is 1. The maximum atomic E-state index is 13.4. The zero-order valence-corrected chi connectivity index (χ0v) is 20.9. The van der Waals surface area contributed by atoms with Gasteiger partial charge in [0.15, 0.2) is 23.0 Å². The third kappa shape index (κ3) is 4.99. The van der Waals surface area contributed by atoms with Gasteiger partial charge < -0.3 is 23.9 Å². The number of nitrogens with one attached hydrogen (secondary N) is 2. The lowest BCUT2D eigenvalue weighted by molar-refractivity contribution is 0.0956. The lowest BCUT2D eigenvalue weighted by Crippen LogP contribution is -2.24. The quantitative estimate of drug-likeness (QED) is 0.367. The Bertz CT molecular complexity index is 1210. The van der Waals surface area contributed by atoms with E-state index in [0.717, 1.165) is 0 Å². The van der Waals surface area contributed by atoms with Gasteiger partial charge in [-0.15, -0.1) is 0 Å². The van der Waals surface area contributed by atoms with Crippen LogP contribution >= 0.6 is 7.75 Å². The number of fused-ring (bicyclic) bond motifs is 1. The summed E-state index contributed by atoms with van der Waals surface area (Å²) in [5.41, 5.74) is 1.95. The number of aromatic nitrogens is 1. The second-order valence-corrected chi connectivity index (χ2v) is 8.71. The summed E-state index contributed by atoms with van der Waals surface area (Å²) in [4.78, 5) is 16.5. The van der Waals surface area contributed by atoms with Gasteiger partial charge in [0.1, 0.15) is 5.69 Å². The normalized spacial score (nSPS) is 11.4. The average molecular weight is 492 g/mol. The zero-order valence-electron chi connectivity index (χ0n) is 20.0. The molecule has 0 fully saturated rings. The predicted octanol–water partition coefficient (Wildman–Crippen LogP) is 4.78. The molecular formula is C23H29N2O8P. The lowest BCUT2D eigenvalue weighted by atomic mass is 10.0. The van der Waals surface area contributed by atoms with Gasteiger partial charge in [-0.05, 0) is 37.6 Å². The van der Waals surface area contributed by atoms with Crippen LogP contribution in [-0.2, 0) is 13.6 Å². The highest BCUT2D eigenvalue weighted by Gasteiger charge is 2.30. The Morgan fingerprint density at radius 1 is 0.853 bits per heavy atom. The first-order chi connectivity index (χ1) is 16.3. The van der Waals surface area contributed by atoms with Crippen LogP contribution in [0.5, 0.6) is 23.0 Å². The molecule has 3 rings (SSSR count). The number of amides is 1. The number of carbonyl (C=O) groups is 1. The van der Waals surface area contributed by atoms with Crippen molar-refractivity contribution in [1.29, 1.82) is 0 Å². The Balaban J connectivity index is 2.25. The fourth-order valence-electron chi connectivity index (χ4n) is 3.60. The molecule has 1 amide bonds. The molecule has 0 aliphatic carbocycles. The molecule has 11 heteroatoms. The predicted molar refractivity (Wildman–Crippen MR) is 128 cm³/mol. The van der Waals surface area contributed by atoms with Gasteiger partial charge in [-0.2, -0.15) is 0 Å². The van der Waals surface area contributed by atoms with Crippen molar-refractivity contribution in [2.45, 2.75) is 13.8 Å². The molecule has 1 aromatic heterocycles. The third-order valence-corrected chi connectivity index (χ3v) is 6.71. The van der Waals surface area contributed by atoms with Gasteiger partial charge in [0.05, 0.1) is 47.2 Å². The monoisotopic (exact) mass is 492 g/mol. The van der Waals surface area contributed by atoms with Gasteiger partial charge in [-0.3, -0.25) is 18.9 Å². The van der Waals surface area contributed by atoms with Crippen LogP contribution in [0.4, 0.5) is 0 Å². The maximum absolute atomic E-state index is 13.4. The molecule has 0 unspecified atom stereocenters. The summed E-state index contributed by atoms with van der Waals surface area (Å²) in [7, 11) is 2.25. The summed E-state index contributed by atoms with van der Waals surface area (Å²) in [6.45, 7) is 3.52. The minimum atomic E-state index is -3.87. The highest BCUT2D eigenvalue weighted by Crippen LogP contribution is 2.45. The molecule has 2 N–H and O–H groups in total. The first-order valence-electron chi connectivity index (χ1n) is 10.6. The minimum Gasteiger partial charge on any atom is -0.493 e. The van der Waals surface area contributed by atoms with Gasteiger partial charge in [0.25, 0.3) is 5.91 Å². The first-order valence-corrected chi connectivity index (χ1v) is 12.1. The molecule has 0 bridgehead atoms. The zero-order chi connectivity index (χ0) is 24.9. The third-order valence-electron chi connectivity index (χ3n) is 5.04. The van der Waals surface area contributed by atoms with E-state index in [-0.39, 0.29) is 18.9 Å². The van der Waals surface area contributed by atoms with Crippen LogP contribution in [0.1, 0.15) is 24.3 Å². The number of aromatic amines is 1. The largest absolute Gasteiger partial charge is 0.493 e. The molecule has 10 nitrogen and oxygen atoms in total. The summed E-state index contributed by atoms with van der Waals surface area (Å²) in [5.74, 6) is 1.32. The molecule has 0 atom stereocenters. The van der Waals surface area contributed by atoms with E-state index >= 15 is 0 Å². The number of hydrogen-bond donors (Lipinski definition) is 2. The van der Waals surface area contributed by atoms with E-state index in [1.165, 1.54) is 28.4 Å². The van der Waals surface area contributed by atoms with E-state index in [9.17, 15) is 9.36 Å². The molecule has 0 aliphatic rings. The molecule has 34 heavy (non-hydrogen) atoms. The van der Waals surface area contributed by atoms with E-state index in [1.54, 1.807) is 44.2 Å². The molecule has 3 aromatic rings. The summed E-state index contributed by atoms with van der Waals surface area (Å²) in [5, 5.41) is 3.09. The minimum absolute atomic E-state index is 0.0984. The smallest absolute Gasteiger partial charge is 0.435 e. The topological polar surface area (TPSA) is 117 Å². The first kappa shape index (κ1) is 25.4. The summed E-state index contributed by atoms with van der Waals surface area (Å²) in [6.07, 6.45) is 0. The van der Waals surface area contributed by atoms with Crippen LogP contribution in [0.25, 0.3) is 22.0 Å². The maximum Gasteiger partial charge on any atom is 0.435 e. The molecule has 0 saturated heterocycles. The van der Waals surface area contributed by atoms with E-state index in [0.29, 0.717) is 45.0 Å². The van der Waals surface area contributed by atoms with Crippen molar-refractivity contribution in [3.05, 3.63) is 36.0 Å². The summed E-state index contributed by atoms with van der Waals surface area (Å²) >= 11 is 0. The van der Waals surface area contributed by atoms with Crippen molar-refractivity contribution < 1.29 is 37.4 Å². The molecule has 1 heterocycles. The molecular weight excluding hydrogens is 463 g/mol. The van der Waals surface area contributed by atoms with Crippen LogP contribution in [0, 0.1) is 0 Å². The lowest BCUT2D eigenvalue weighted by Gasteiger charge is -2.17. The second kappa shape index (κ2) is 10.8. The van der Waals surface area contributed by atoms with Crippen molar-refractivity contribution >= 4 is 24.6 Å². The number of methoxy groups -OCH3 is 4. The molecule has 0 aliphatic heterocycles. The molecule has 2 aromatic carbocycles. The number of hydrogen-bond acceptors (Lipinski definition) is 8. The Morgan fingerprint density at radius 2 is 1.41 bits per heavy atom. The number of benzene rings is 2. The van der Waals surface area contributed by atoms with Crippen molar-refractivity contribution in [2.75, 3.05) is 41.7 Å². The standard InChI is InChI=1S/C23H29N2O8P/c1-7-32-34(27,33-8-2)25-23(26)22-21(14-9-10-17(28-3)18(11-14)29-4)15-12-19(30-5)20(31-6)13-16(15)24-22/h9-13,24H,7-8H2,1-6H3,(H,25,26,27). The fraction of sp³-hybridized carbons (Fsp3) is 0.348. The van der Waals surface area contributed by atoms with Gasteiger partial charge in [-0.1, -0.05) is 6.07 Å². The number of rotatable bonds is 11. The average Bonchev–Trinajstić information content (AvgIpc) is 3.21. The Kier molecular flexibility index (Phi) is 8.09. The Morgan fingerprint density at radius 3 is 1.97 bits per heavy atom. The summed E-state index contributed by atoms with van der Waals surface area (Å²) < 4.78 is 45.1. The van der Waals surface area contributed by atoms with Crippen LogP contribution in [-0.4, -0.2) is 52.5 Å². The van der Waals surface area contributed by atoms with Gasteiger partial charge in [0.2, 0.25) is 0 Å². The van der Waals surface area contributed by atoms with E-state index in [2.05, 4.69) is 10.1 Å². The Labute approximate surface area is 198 Å². The second-order valence-electron chi connectivity index (χ2n) is 6.97. The van der Waals surface area contributed by atoms with Crippen molar-refractivity contribution in [3.8, 4) is 34.1 Å². The molecule has 0 radical (unpaired) electrons. The van der Waals surface area contributed by atoms with Gasteiger partial charge >= 0.3 is 7.75 Å². The van der Waals surface area contributed by atoms with Crippen LogP contribution in [0.2, 0.25) is 0 Å². The van der Waals surface area contributed by atoms with Crippen LogP contribution in [0.15, 0.2) is 30.3 Å². The number of ether oxygens (including phenoxy) is 4. The molecule has 0 spiro atoms. The molecule has 0 saturated carbocycles. The van der Waals surface area contributed by atoms with E-state index in [1.807, 2.05) is 0 Å². The van der Waals surface area contributed by atoms with Gasteiger partial charge in [0, 0.05) is 17.0 Å². The fourth-order valence-corrected chi connectivity index (χ4v) is 4.85. The summed E-state index contributed by atoms with van der Waals surface area (Å²) in [6, 6.07) is 8.76. The van der Waals surface area contributed by atoms with E-state index in [4.69, 9.17) is 28.0 Å². The van der Waals surface area contributed by atoms with Crippen LogP contribution < -0.4 is 24.0 Å². The highest BCUT2D eigenvalue weighted by molar-refractivity contribution is 7.52. The van der Waals surface area contributed by atoms with E-state index < -0.39 is 13.7 Å². The Hall–Kier alpha value is -3.20. The van der Waals surface area contributed by atoms with Crippen molar-refractivity contribution in [1.82, 2.24) is 10.1 Å². The van der Waals surface area contributed by atoms with Crippen molar-refractivity contribution in [2.24, 2.45) is 0 Å². The highest BCUT2D eigenvalue weighted by atomic mass is 31.2. The van der Waals surface area contributed by atoms with Crippen LogP contribution in [0.3, 0.4) is 0 Å². The SMILES string of the molecule is CCOP(=O)(NC(=O)c1[nH]c2cc(OC)c(OC)cc2c1-c1ccc(OC)c(OC)c1)OCC. The number of carbonyl (C=O) groups excluding carboxylic acids is 1.